The fourth-order valence-corrected chi connectivity index (χ4v) is 11.3. The number of hydrogen-bond acceptors (Lipinski definition) is 15. The molecule has 2 aromatic rings. The highest BCUT2D eigenvalue weighted by Crippen LogP contribution is 2.53. The number of nitrogens with one attached hydrogen (secondary N) is 4. The number of halogens is 1. The molecule has 6 aliphatic rings. The number of hydrogen-bond donors (Lipinski definition) is 4. The number of fused-ring (bicyclic) bond motifs is 2. The number of carbonyl (C=O) groups is 5. The molecule has 1 aromatic heterocycles. The summed E-state index contributed by atoms with van der Waals surface area (Å²) < 4.78 is 29.8. The van der Waals surface area contributed by atoms with E-state index in [1.165, 1.54) is 29.8 Å². The van der Waals surface area contributed by atoms with E-state index in [1.807, 2.05) is 72.9 Å². The highest BCUT2D eigenvalue weighted by atomic mass is 35.5. The van der Waals surface area contributed by atoms with Gasteiger partial charge in [0.25, 0.3) is 0 Å². The van der Waals surface area contributed by atoms with Crippen molar-refractivity contribution in [2.75, 3.05) is 63.6 Å². The Hall–Kier alpha value is -5.27. The lowest BCUT2D eigenvalue weighted by molar-refractivity contribution is -0.148. The number of piperazine rings is 1. The molecule has 0 bridgehead atoms. The average Bonchev–Trinajstić information content (AvgIpc) is 3.97. The molecule has 5 fully saturated rings. The van der Waals surface area contributed by atoms with Crippen LogP contribution in [0.3, 0.4) is 0 Å². The molecular weight excluding hydrogens is 952 g/mol. The number of esters is 1. The van der Waals surface area contributed by atoms with Crippen LogP contribution in [-0.2, 0) is 33.3 Å². The number of anilines is 2. The zero-order chi connectivity index (χ0) is 51.2. The number of nitrogens with zero attached hydrogens (tertiary/aromatic N) is 4. The van der Waals surface area contributed by atoms with Crippen LogP contribution in [0.1, 0.15) is 105 Å². The van der Waals surface area contributed by atoms with Crippen molar-refractivity contribution in [2.24, 2.45) is 23.2 Å². The number of ether oxygens (including phenoxy) is 5. The fourth-order valence-electron chi connectivity index (χ4n) is 10.1. The van der Waals surface area contributed by atoms with Crippen LogP contribution in [0.5, 0.6) is 5.75 Å². The van der Waals surface area contributed by atoms with Gasteiger partial charge in [0.05, 0.1) is 31.1 Å². The number of methoxy groups -OCH3 is 1. The zero-order valence-electron chi connectivity index (χ0n) is 42.4. The van der Waals surface area contributed by atoms with Gasteiger partial charge in [-0.25, -0.2) is 19.4 Å². The molecule has 3 aliphatic carbocycles. The van der Waals surface area contributed by atoms with Gasteiger partial charge in [0.15, 0.2) is 5.13 Å². The Bertz CT molecular complexity index is 2380. The molecular formula is C51H71ClN8O10S. The van der Waals surface area contributed by atoms with E-state index >= 15 is 0 Å². The van der Waals surface area contributed by atoms with Gasteiger partial charge < -0.3 is 54.8 Å². The minimum Gasteiger partial charge on any atom is -0.491 e. The van der Waals surface area contributed by atoms with Crippen molar-refractivity contribution in [3.8, 4) is 5.75 Å². The summed E-state index contributed by atoms with van der Waals surface area (Å²) in [6, 6.07) is 1.15. The van der Waals surface area contributed by atoms with Crippen molar-refractivity contribution >= 4 is 69.5 Å². The second-order valence-corrected chi connectivity index (χ2v) is 23.4. The van der Waals surface area contributed by atoms with E-state index in [2.05, 4.69) is 32.7 Å². The lowest BCUT2D eigenvalue weighted by Gasteiger charge is -2.35. The van der Waals surface area contributed by atoms with Crippen LogP contribution >= 0.6 is 22.9 Å². The lowest BCUT2D eigenvalue weighted by Crippen LogP contribution is -2.59. The van der Waals surface area contributed by atoms with Crippen molar-refractivity contribution in [1.82, 2.24) is 30.3 Å². The van der Waals surface area contributed by atoms with Crippen LogP contribution < -0.4 is 26.0 Å². The molecule has 18 nitrogen and oxygen atoms in total. The molecule has 0 radical (unpaired) electrons. The molecule has 8 rings (SSSR count). The average molecular weight is 1020 g/mol. The normalized spacial score (nSPS) is 27.3. The molecule has 1 aromatic carbocycles. The molecule has 9 atom stereocenters. The maximum atomic E-state index is 15.0. The van der Waals surface area contributed by atoms with Crippen LogP contribution in [0, 0.1) is 23.2 Å². The van der Waals surface area contributed by atoms with Crippen LogP contribution in [0.25, 0.3) is 5.76 Å². The van der Waals surface area contributed by atoms with Gasteiger partial charge in [-0.1, -0.05) is 38.4 Å². The minimum atomic E-state index is -1.32. The summed E-state index contributed by atoms with van der Waals surface area (Å²) in [6.07, 6.45) is 4.77. The summed E-state index contributed by atoms with van der Waals surface area (Å²) in [5.41, 5.74) is -0.762. The van der Waals surface area contributed by atoms with Crippen molar-refractivity contribution in [3.63, 3.8) is 0 Å². The fraction of sp³-hybridized carbons (Fsp3) is 0.647. The lowest BCUT2D eigenvalue weighted by atomic mass is 9.85. The van der Waals surface area contributed by atoms with Crippen molar-refractivity contribution in [3.05, 3.63) is 52.5 Å². The standard InChI is InChI=1S/C51H71ClN8O10S/c1-11-31-25-51(31,45(63)66-10)57-43(61)37-23-33(26-60(37)44(62)42(49(4,5)6)56-47(64)69-32-21-29-20-30(29)22-32)68-39-24-35(36-27-71-46(55-36)53-28(2)3)54-41-34(39)12-13-38(40(41)52)67-19-18-58-14-16-59(17-15-58)48(65)70-50(7,8)9/h11-13,24,27-33,35,37,42,54H,1,14-23,25-26H2,2-10H3,(H,53,55)(H,56,64)(H,57,61)/t29-,30+,31-,32+,33-,35?,37+,42-,51?/m1/s1. The van der Waals surface area contributed by atoms with E-state index < -0.39 is 64.7 Å². The predicted molar refractivity (Wildman–Crippen MR) is 270 cm³/mol. The number of aromatic nitrogens is 1. The Morgan fingerprint density at radius 3 is 2.37 bits per heavy atom. The number of likely N-dealkylation sites (tertiary alicyclic amines) is 1. The molecule has 20 heteroatoms. The van der Waals surface area contributed by atoms with Gasteiger partial charge in [0.2, 0.25) is 11.8 Å². The first-order valence-corrected chi connectivity index (χ1v) is 26.1. The van der Waals surface area contributed by atoms with Crippen molar-refractivity contribution in [2.45, 2.75) is 135 Å². The van der Waals surface area contributed by atoms with Crippen LogP contribution in [0.4, 0.5) is 20.4 Å². The molecule has 4 amide bonds. The molecule has 388 valence electrons. The zero-order valence-corrected chi connectivity index (χ0v) is 44.0. The SMILES string of the molecule is C=C[C@@H]1CC1(NC(=O)[C@@H]1C[C@@H](OC2=CC(c3csc(NC(C)C)n3)Nc3c2ccc(OCCN2CCN(C(=O)OC(C)(C)C)CC2)c3Cl)CN1C(=O)[C@@H](NC(=O)O[C@@H]1C[C@@H]2C[C@@H]2C1)C(C)(C)C)C(=O)OC. The molecule has 3 saturated carbocycles. The molecule has 4 heterocycles. The molecule has 2 unspecified atom stereocenters. The van der Waals surface area contributed by atoms with E-state index in [-0.39, 0.29) is 37.1 Å². The van der Waals surface area contributed by atoms with E-state index in [0.717, 1.165) is 18.0 Å². The monoisotopic (exact) mass is 1020 g/mol. The first-order chi connectivity index (χ1) is 33.5. The summed E-state index contributed by atoms with van der Waals surface area (Å²) >= 11 is 8.71. The van der Waals surface area contributed by atoms with Crippen molar-refractivity contribution in [1.29, 1.82) is 0 Å². The molecule has 0 spiro atoms. The maximum absolute atomic E-state index is 15.0. The molecule has 4 N–H and O–H groups in total. The Balaban J connectivity index is 1.03. The summed E-state index contributed by atoms with van der Waals surface area (Å²) in [7, 11) is 1.27. The third kappa shape index (κ3) is 12.0. The topological polar surface area (TPSA) is 202 Å². The van der Waals surface area contributed by atoms with Gasteiger partial charge in [-0.05, 0) is 95.8 Å². The van der Waals surface area contributed by atoms with Crippen LogP contribution in [0.15, 0.2) is 36.2 Å². The van der Waals surface area contributed by atoms with Crippen LogP contribution in [0.2, 0.25) is 5.02 Å². The van der Waals surface area contributed by atoms with E-state index in [1.54, 1.807) is 17.0 Å². The van der Waals surface area contributed by atoms with Gasteiger partial charge in [-0.15, -0.1) is 17.9 Å². The van der Waals surface area contributed by atoms with E-state index in [4.69, 9.17) is 40.3 Å². The van der Waals surface area contributed by atoms with Gasteiger partial charge >= 0.3 is 18.2 Å². The smallest absolute Gasteiger partial charge is 0.410 e. The summed E-state index contributed by atoms with van der Waals surface area (Å²) in [5, 5.41) is 15.8. The number of benzene rings is 1. The highest BCUT2D eigenvalue weighted by molar-refractivity contribution is 7.13. The predicted octanol–water partition coefficient (Wildman–Crippen LogP) is 7.22. The second kappa shape index (κ2) is 20.7. The molecule has 3 aliphatic heterocycles. The Morgan fingerprint density at radius 1 is 1.01 bits per heavy atom. The number of thiazole rings is 1. The first kappa shape index (κ1) is 52.1. The number of alkyl carbamates (subject to hydrolysis) is 1. The summed E-state index contributed by atoms with van der Waals surface area (Å²) in [4.78, 5) is 79.0. The summed E-state index contributed by atoms with van der Waals surface area (Å²) in [5.74, 6) is 0.100. The quantitative estimate of drug-likeness (QED) is 0.0746. The maximum Gasteiger partial charge on any atom is 0.410 e. The first-order valence-electron chi connectivity index (χ1n) is 24.9. The van der Waals surface area contributed by atoms with Gasteiger partial charge in [-0.3, -0.25) is 14.5 Å². The van der Waals surface area contributed by atoms with E-state index in [9.17, 15) is 24.0 Å². The summed E-state index contributed by atoms with van der Waals surface area (Å²) in [6.45, 7) is 22.4. The Kier molecular flexibility index (Phi) is 15.2. The second-order valence-electron chi connectivity index (χ2n) is 22.2. The van der Waals surface area contributed by atoms with Gasteiger partial charge in [0.1, 0.15) is 58.6 Å². The molecule has 2 saturated heterocycles. The number of amides is 4. The minimum absolute atomic E-state index is 0.0206. The number of carbonyl (C=O) groups excluding carboxylic acids is 5. The highest BCUT2D eigenvalue weighted by Gasteiger charge is 2.62. The molecule has 71 heavy (non-hydrogen) atoms. The Labute approximate surface area is 425 Å². The third-order valence-electron chi connectivity index (χ3n) is 14.1. The largest absolute Gasteiger partial charge is 0.491 e. The van der Waals surface area contributed by atoms with Crippen molar-refractivity contribution < 1.29 is 47.7 Å². The Morgan fingerprint density at radius 2 is 1.73 bits per heavy atom. The van der Waals surface area contributed by atoms with Crippen LogP contribution in [-0.4, -0.2) is 144 Å². The van der Waals surface area contributed by atoms with Gasteiger partial charge in [0, 0.05) is 62.0 Å². The third-order valence-corrected chi connectivity index (χ3v) is 15.3. The number of rotatable bonds is 16. The van der Waals surface area contributed by atoms with E-state index in [0.29, 0.717) is 91.1 Å². The van der Waals surface area contributed by atoms with Gasteiger partial charge in [-0.2, -0.15) is 0 Å².